The minimum Gasteiger partial charge on any atom is -0.324 e. The van der Waals surface area contributed by atoms with Gasteiger partial charge in [0.05, 0.1) is 27.9 Å². The molecule has 0 saturated carbocycles. The molecule has 0 radical (unpaired) electrons. The number of carbonyl (C=O) groups excluding carboxylic acids is 1. The molecule has 0 saturated heterocycles. The number of hydrogen-bond acceptors (Lipinski definition) is 3. The van der Waals surface area contributed by atoms with Crippen LogP contribution in [0.4, 0.5) is 5.69 Å². The second-order valence-corrected chi connectivity index (χ2v) is 6.86. The van der Waals surface area contributed by atoms with Gasteiger partial charge in [-0.2, -0.15) is 0 Å². The summed E-state index contributed by atoms with van der Waals surface area (Å²) < 4.78 is 1.46. The molecular weight excluding hydrogens is 350 g/mol. The van der Waals surface area contributed by atoms with Crippen LogP contribution in [0.25, 0.3) is 10.9 Å². The molecule has 1 heterocycles. The van der Waals surface area contributed by atoms with Crippen molar-refractivity contribution >= 4 is 34.1 Å². The molecule has 0 unspecified atom stereocenters. The maximum Gasteiger partial charge on any atom is 0.261 e. The lowest BCUT2D eigenvalue weighted by Crippen LogP contribution is -2.24. The Labute approximate surface area is 156 Å². The van der Waals surface area contributed by atoms with Gasteiger partial charge in [-0.1, -0.05) is 29.8 Å². The van der Waals surface area contributed by atoms with Gasteiger partial charge in [0.15, 0.2) is 0 Å². The minimum atomic E-state index is -0.199. The third-order valence-electron chi connectivity index (χ3n) is 4.33. The van der Waals surface area contributed by atoms with E-state index in [0.29, 0.717) is 21.6 Å². The number of hydrogen-bond donors (Lipinski definition) is 1. The first-order valence-electron chi connectivity index (χ1n) is 8.38. The van der Waals surface area contributed by atoms with E-state index in [1.54, 1.807) is 6.07 Å². The van der Waals surface area contributed by atoms with Crippen LogP contribution in [-0.4, -0.2) is 15.5 Å². The van der Waals surface area contributed by atoms with Gasteiger partial charge >= 0.3 is 0 Å². The van der Waals surface area contributed by atoms with Gasteiger partial charge in [0.1, 0.15) is 0 Å². The average Bonchev–Trinajstić information content (AvgIpc) is 2.58. The number of para-hydroxylation sites is 1. The van der Waals surface area contributed by atoms with Gasteiger partial charge in [-0.15, -0.1) is 0 Å². The number of fused-ring (bicyclic) bond motifs is 1. The van der Waals surface area contributed by atoms with Crippen LogP contribution < -0.4 is 10.9 Å². The monoisotopic (exact) mass is 369 g/mol. The normalized spacial score (nSPS) is 10.9. The zero-order valence-corrected chi connectivity index (χ0v) is 15.7. The molecule has 1 amide bonds. The fourth-order valence-electron chi connectivity index (χ4n) is 2.99. The summed E-state index contributed by atoms with van der Waals surface area (Å²) in [5.41, 5.74) is 4.06. The molecular formula is C20H20ClN3O2. The van der Waals surface area contributed by atoms with Crippen molar-refractivity contribution in [2.75, 3.05) is 5.32 Å². The van der Waals surface area contributed by atoms with E-state index in [1.165, 1.54) is 10.9 Å². The van der Waals surface area contributed by atoms with Crippen molar-refractivity contribution < 1.29 is 4.79 Å². The van der Waals surface area contributed by atoms with E-state index in [0.717, 1.165) is 16.7 Å². The van der Waals surface area contributed by atoms with Gasteiger partial charge in [-0.3, -0.25) is 14.2 Å². The number of rotatable bonds is 4. The van der Waals surface area contributed by atoms with Crippen molar-refractivity contribution in [2.24, 2.45) is 0 Å². The predicted molar refractivity (Wildman–Crippen MR) is 105 cm³/mol. The first-order chi connectivity index (χ1) is 12.4. The summed E-state index contributed by atoms with van der Waals surface area (Å²) in [6.45, 7) is 6.02. The Morgan fingerprint density at radius 3 is 2.69 bits per heavy atom. The molecule has 0 aliphatic carbocycles. The topological polar surface area (TPSA) is 64.0 Å². The third-order valence-corrected chi connectivity index (χ3v) is 4.63. The van der Waals surface area contributed by atoms with Crippen LogP contribution in [0.1, 0.15) is 23.1 Å². The molecule has 1 aromatic heterocycles. The van der Waals surface area contributed by atoms with Crippen LogP contribution in [0.2, 0.25) is 5.02 Å². The molecule has 0 spiro atoms. The summed E-state index contributed by atoms with van der Waals surface area (Å²) in [4.78, 5) is 29.2. The number of aromatic nitrogens is 2. The molecule has 0 bridgehead atoms. The quantitative estimate of drug-likeness (QED) is 0.755. The van der Waals surface area contributed by atoms with Crippen LogP contribution >= 0.6 is 11.6 Å². The van der Waals surface area contributed by atoms with Crippen molar-refractivity contribution in [3.63, 3.8) is 0 Å². The third kappa shape index (κ3) is 3.63. The second-order valence-electron chi connectivity index (χ2n) is 6.45. The standard InChI is InChI=1S/C20H20ClN3O2/c1-12-9-14(3)19(16(21)10-12)23-17(25)7-8-24-11-22-18-13(2)5-4-6-15(18)20(24)26/h4-6,9-11H,7-8H2,1-3H3,(H,23,25). The molecule has 6 heteroatoms. The van der Waals surface area contributed by atoms with E-state index in [2.05, 4.69) is 10.3 Å². The Balaban J connectivity index is 1.75. The number of nitrogens with one attached hydrogen (secondary N) is 1. The van der Waals surface area contributed by atoms with E-state index in [4.69, 9.17) is 11.6 Å². The number of halogens is 1. The Hall–Kier alpha value is -2.66. The fourth-order valence-corrected chi connectivity index (χ4v) is 3.36. The Morgan fingerprint density at radius 2 is 1.96 bits per heavy atom. The minimum absolute atomic E-state index is 0.143. The molecule has 26 heavy (non-hydrogen) atoms. The Kier molecular flexibility index (Phi) is 5.09. The van der Waals surface area contributed by atoms with Crippen molar-refractivity contribution in [3.05, 3.63) is 68.7 Å². The highest BCUT2D eigenvalue weighted by Gasteiger charge is 2.11. The first-order valence-corrected chi connectivity index (χ1v) is 8.76. The molecule has 1 N–H and O–H groups in total. The number of nitrogens with zero attached hydrogens (tertiary/aromatic N) is 2. The van der Waals surface area contributed by atoms with Gasteiger partial charge < -0.3 is 5.32 Å². The lowest BCUT2D eigenvalue weighted by atomic mass is 10.1. The number of anilines is 1. The van der Waals surface area contributed by atoms with Crippen LogP contribution in [-0.2, 0) is 11.3 Å². The molecule has 0 atom stereocenters. The smallest absolute Gasteiger partial charge is 0.261 e. The molecule has 2 aromatic carbocycles. The van der Waals surface area contributed by atoms with Crippen LogP contribution in [0, 0.1) is 20.8 Å². The molecule has 134 valence electrons. The highest BCUT2D eigenvalue weighted by atomic mass is 35.5. The summed E-state index contributed by atoms with van der Waals surface area (Å²) in [6, 6.07) is 9.27. The molecule has 0 aliphatic heterocycles. The van der Waals surface area contributed by atoms with Gasteiger partial charge in [-0.25, -0.2) is 4.98 Å². The molecule has 0 fully saturated rings. The van der Waals surface area contributed by atoms with Crippen molar-refractivity contribution in [1.82, 2.24) is 9.55 Å². The molecule has 5 nitrogen and oxygen atoms in total. The number of aryl methyl sites for hydroxylation is 4. The Morgan fingerprint density at radius 1 is 1.19 bits per heavy atom. The maximum atomic E-state index is 12.6. The van der Waals surface area contributed by atoms with Gasteiger partial charge in [0, 0.05) is 13.0 Å². The second kappa shape index (κ2) is 7.30. The molecule has 0 aliphatic rings. The summed E-state index contributed by atoms with van der Waals surface area (Å²) in [6.07, 6.45) is 1.65. The van der Waals surface area contributed by atoms with E-state index in [1.807, 2.05) is 45.0 Å². The van der Waals surface area contributed by atoms with Gasteiger partial charge in [0.2, 0.25) is 5.91 Å². The SMILES string of the molecule is Cc1cc(C)c(NC(=O)CCn2cnc3c(C)cccc3c2=O)c(Cl)c1. The zero-order valence-electron chi connectivity index (χ0n) is 15.0. The van der Waals surface area contributed by atoms with Gasteiger partial charge in [0.25, 0.3) is 5.56 Å². The average molecular weight is 370 g/mol. The molecule has 3 aromatic rings. The highest BCUT2D eigenvalue weighted by molar-refractivity contribution is 6.34. The Bertz CT molecular complexity index is 1030. The van der Waals surface area contributed by atoms with Crippen LogP contribution in [0.15, 0.2) is 41.5 Å². The predicted octanol–water partition coefficient (Wildman–Crippen LogP) is 4.00. The highest BCUT2D eigenvalue weighted by Crippen LogP contribution is 2.27. The lowest BCUT2D eigenvalue weighted by Gasteiger charge is -2.12. The van der Waals surface area contributed by atoms with E-state index >= 15 is 0 Å². The van der Waals surface area contributed by atoms with E-state index in [-0.39, 0.29) is 24.4 Å². The summed E-state index contributed by atoms with van der Waals surface area (Å²) in [5, 5.41) is 3.91. The zero-order chi connectivity index (χ0) is 18.8. The van der Waals surface area contributed by atoms with Crippen LogP contribution in [0.5, 0.6) is 0 Å². The van der Waals surface area contributed by atoms with Crippen molar-refractivity contribution in [2.45, 2.75) is 33.7 Å². The molecule has 3 rings (SSSR count). The fraction of sp³-hybridized carbons (Fsp3) is 0.250. The van der Waals surface area contributed by atoms with Gasteiger partial charge in [-0.05, 0) is 49.6 Å². The van der Waals surface area contributed by atoms with Crippen molar-refractivity contribution in [1.29, 1.82) is 0 Å². The maximum absolute atomic E-state index is 12.6. The summed E-state index contributed by atoms with van der Waals surface area (Å²) >= 11 is 6.22. The van der Waals surface area contributed by atoms with Crippen molar-refractivity contribution in [3.8, 4) is 0 Å². The number of amides is 1. The number of carbonyl (C=O) groups is 1. The lowest BCUT2D eigenvalue weighted by molar-refractivity contribution is -0.116. The van der Waals surface area contributed by atoms with E-state index in [9.17, 15) is 9.59 Å². The van der Waals surface area contributed by atoms with Crippen LogP contribution in [0.3, 0.4) is 0 Å². The summed E-state index contributed by atoms with van der Waals surface area (Å²) in [7, 11) is 0. The summed E-state index contributed by atoms with van der Waals surface area (Å²) in [5.74, 6) is -0.199. The first kappa shape index (κ1) is 18.1. The number of benzene rings is 2. The largest absolute Gasteiger partial charge is 0.324 e. The van der Waals surface area contributed by atoms with E-state index < -0.39 is 0 Å².